The molecule has 1 aromatic rings. The fraction of sp³-hybridized carbons (Fsp3) is 0.556. The van der Waals surface area contributed by atoms with Gasteiger partial charge in [-0.25, -0.2) is 13.1 Å². The number of nitrogens with zero attached hydrogens (tertiary/aromatic N) is 2. The molecule has 2 amide bonds. The number of rotatable bonds is 5. The predicted octanol–water partition coefficient (Wildman–Crippen LogP) is 0.179. The van der Waals surface area contributed by atoms with E-state index in [-0.39, 0.29) is 23.9 Å². The van der Waals surface area contributed by atoms with Crippen molar-refractivity contribution in [2.24, 2.45) is 0 Å². The second kappa shape index (κ2) is 8.36. The molecule has 0 aliphatic carbocycles. The highest BCUT2D eigenvalue weighted by atomic mass is 35.5. The van der Waals surface area contributed by atoms with Gasteiger partial charge in [-0.3, -0.25) is 14.5 Å². The zero-order valence-electron chi connectivity index (χ0n) is 15.9. The lowest BCUT2D eigenvalue weighted by Crippen LogP contribution is -2.51. The van der Waals surface area contributed by atoms with Crippen LogP contribution >= 0.6 is 11.6 Å². The molecule has 28 heavy (non-hydrogen) atoms. The molecule has 1 aromatic carbocycles. The molecule has 3 atom stereocenters. The first-order valence-electron chi connectivity index (χ1n) is 9.12. The van der Waals surface area contributed by atoms with Crippen LogP contribution in [-0.2, 0) is 26.2 Å². The van der Waals surface area contributed by atoms with E-state index in [0.29, 0.717) is 37.6 Å². The number of carbonyl (C=O) groups is 2. The Hall–Kier alpha value is -1.68. The number of hydrogen-bond acceptors (Lipinski definition) is 5. The van der Waals surface area contributed by atoms with E-state index < -0.39 is 16.1 Å². The Kier molecular flexibility index (Phi) is 6.28. The fourth-order valence-electron chi connectivity index (χ4n) is 4.03. The van der Waals surface area contributed by atoms with Crippen molar-refractivity contribution in [3.8, 4) is 0 Å². The molecule has 2 fully saturated rings. The largest absolute Gasteiger partial charge is 0.343 e. The molecular weight excluding hydrogens is 404 g/mol. The van der Waals surface area contributed by atoms with Gasteiger partial charge in [0.2, 0.25) is 21.8 Å². The minimum absolute atomic E-state index is 0.121. The zero-order valence-corrected chi connectivity index (χ0v) is 17.5. The van der Waals surface area contributed by atoms with E-state index in [9.17, 15) is 18.0 Å². The summed E-state index contributed by atoms with van der Waals surface area (Å²) >= 11 is 6.08. The second-order valence-electron chi connectivity index (χ2n) is 7.54. The van der Waals surface area contributed by atoms with Crippen molar-refractivity contribution in [3.63, 3.8) is 0 Å². The first kappa shape index (κ1) is 21.0. The Morgan fingerprint density at radius 3 is 2.68 bits per heavy atom. The Balaban J connectivity index is 1.81. The van der Waals surface area contributed by atoms with Crippen molar-refractivity contribution in [1.29, 1.82) is 0 Å². The van der Waals surface area contributed by atoms with Gasteiger partial charge in [-0.15, -0.1) is 0 Å². The van der Waals surface area contributed by atoms with Crippen LogP contribution in [-0.4, -0.2) is 74.0 Å². The summed E-state index contributed by atoms with van der Waals surface area (Å²) in [5, 5.41) is 3.38. The quantitative estimate of drug-likeness (QED) is 0.697. The molecule has 3 rings (SSSR count). The average Bonchev–Trinajstić information content (AvgIpc) is 2.88. The number of carbonyl (C=O) groups excluding carboxylic acids is 2. The van der Waals surface area contributed by atoms with E-state index in [1.165, 1.54) is 6.92 Å². The van der Waals surface area contributed by atoms with Crippen LogP contribution in [0.25, 0.3) is 0 Å². The van der Waals surface area contributed by atoms with Gasteiger partial charge in [0.15, 0.2) is 0 Å². The molecule has 0 aromatic heterocycles. The van der Waals surface area contributed by atoms with Crippen LogP contribution in [0, 0.1) is 0 Å². The van der Waals surface area contributed by atoms with Crippen LogP contribution in [0.5, 0.6) is 0 Å². The van der Waals surface area contributed by atoms with Crippen molar-refractivity contribution < 1.29 is 18.0 Å². The maximum Gasteiger partial charge on any atom is 0.246 e. The number of hydrogen-bond donors (Lipinski definition) is 2. The topological polar surface area (TPSA) is 98.8 Å². The van der Waals surface area contributed by atoms with Crippen LogP contribution in [0.3, 0.4) is 0 Å². The van der Waals surface area contributed by atoms with Crippen LogP contribution < -0.4 is 10.0 Å². The number of amides is 2. The summed E-state index contributed by atoms with van der Waals surface area (Å²) in [6.07, 6.45) is 1.65. The van der Waals surface area contributed by atoms with Gasteiger partial charge < -0.3 is 10.2 Å². The summed E-state index contributed by atoms with van der Waals surface area (Å²) in [4.78, 5) is 28.4. The number of sulfonamides is 1. The monoisotopic (exact) mass is 428 g/mol. The Labute approximate surface area is 170 Å². The Morgan fingerprint density at radius 1 is 1.29 bits per heavy atom. The van der Waals surface area contributed by atoms with Crippen LogP contribution in [0.2, 0.25) is 5.02 Å². The SMILES string of the molecule is CC(=O)N[C@H]1CN(Cc2cccc(Cl)c2)C[C@@H]2C[C@H](NS(C)(=O)=O)CN2C1=O. The summed E-state index contributed by atoms with van der Waals surface area (Å²) in [5.74, 6) is -0.448. The number of nitrogens with one attached hydrogen (secondary N) is 2. The number of halogens is 1. The molecule has 0 spiro atoms. The molecule has 2 aliphatic heterocycles. The molecule has 0 radical (unpaired) electrons. The second-order valence-corrected chi connectivity index (χ2v) is 9.76. The van der Waals surface area contributed by atoms with Crippen LogP contribution in [0.4, 0.5) is 0 Å². The van der Waals surface area contributed by atoms with Crippen molar-refractivity contribution in [1.82, 2.24) is 19.8 Å². The molecule has 2 N–H and O–H groups in total. The summed E-state index contributed by atoms with van der Waals surface area (Å²) in [7, 11) is -3.36. The van der Waals surface area contributed by atoms with E-state index in [0.717, 1.165) is 11.8 Å². The molecule has 2 saturated heterocycles. The minimum Gasteiger partial charge on any atom is -0.343 e. The molecule has 0 bridgehead atoms. The van der Waals surface area contributed by atoms with E-state index in [4.69, 9.17) is 11.6 Å². The maximum atomic E-state index is 13.0. The molecule has 8 nitrogen and oxygen atoms in total. The van der Waals surface area contributed by atoms with Crippen molar-refractivity contribution >= 4 is 33.4 Å². The highest BCUT2D eigenvalue weighted by Crippen LogP contribution is 2.25. The standard InChI is InChI=1S/C18H25ClN4O4S/c1-12(24)20-17-11-22(8-13-4-3-5-14(19)6-13)10-16-7-15(21-28(2,26)27)9-23(16)18(17)25/h3-6,15-17,21H,7-11H2,1-2H3,(H,20,24)/t15-,16-,17-/m0/s1. The fourth-order valence-corrected chi connectivity index (χ4v) is 5.02. The predicted molar refractivity (Wildman–Crippen MR) is 106 cm³/mol. The summed E-state index contributed by atoms with van der Waals surface area (Å²) in [6, 6.07) is 6.41. The normalized spacial score (nSPS) is 26.0. The Morgan fingerprint density at radius 2 is 2.04 bits per heavy atom. The lowest BCUT2D eigenvalue weighted by Gasteiger charge is -2.25. The molecule has 2 aliphatic rings. The number of fused-ring (bicyclic) bond motifs is 1. The lowest BCUT2D eigenvalue weighted by molar-refractivity contribution is -0.135. The van der Waals surface area contributed by atoms with Gasteiger partial charge in [0.05, 0.1) is 6.26 Å². The first-order chi connectivity index (χ1) is 13.1. The lowest BCUT2D eigenvalue weighted by atomic mass is 10.1. The van der Waals surface area contributed by atoms with Crippen molar-refractivity contribution in [2.45, 2.75) is 38.0 Å². The van der Waals surface area contributed by atoms with Gasteiger partial charge >= 0.3 is 0 Å². The summed E-state index contributed by atoms with van der Waals surface area (Å²) in [6.45, 7) is 3.25. The van der Waals surface area contributed by atoms with Crippen LogP contribution in [0.15, 0.2) is 24.3 Å². The van der Waals surface area contributed by atoms with Gasteiger partial charge in [-0.1, -0.05) is 23.7 Å². The number of benzene rings is 1. The van der Waals surface area contributed by atoms with Gasteiger partial charge in [-0.05, 0) is 24.1 Å². The summed E-state index contributed by atoms with van der Waals surface area (Å²) in [5.41, 5.74) is 1.01. The third-order valence-electron chi connectivity index (χ3n) is 4.96. The first-order valence-corrected chi connectivity index (χ1v) is 11.4. The molecule has 0 unspecified atom stereocenters. The third-order valence-corrected chi connectivity index (χ3v) is 5.96. The molecule has 10 heteroatoms. The van der Waals surface area contributed by atoms with Crippen LogP contribution in [0.1, 0.15) is 18.9 Å². The smallest absolute Gasteiger partial charge is 0.246 e. The third kappa shape index (κ3) is 5.44. The highest BCUT2D eigenvalue weighted by molar-refractivity contribution is 7.88. The molecule has 154 valence electrons. The molecule has 0 saturated carbocycles. The highest BCUT2D eigenvalue weighted by Gasteiger charge is 2.42. The van der Waals surface area contributed by atoms with E-state index >= 15 is 0 Å². The maximum absolute atomic E-state index is 13.0. The van der Waals surface area contributed by atoms with E-state index in [1.807, 2.05) is 18.2 Å². The van der Waals surface area contributed by atoms with Gasteiger partial charge in [0.1, 0.15) is 6.04 Å². The van der Waals surface area contributed by atoms with Crippen molar-refractivity contribution in [3.05, 3.63) is 34.9 Å². The van der Waals surface area contributed by atoms with Gasteiger partial charge in [0.25, 0.3) is 0 Å². The summed E-state index contributed by atoms with van der Waals surface area (Å²) < 4.78 is 25.8. The zero-order chi connectivity index (χ0) is 20.5. The average molecular weight is 429 g/mol. The van der Waals surface area contributed by atoms with Crippen molar-refractivity contribution in [2.75, 3.05) is 25.9 Å². The molecule has 2 heterocycles. The van der Waals surface area contributed by atoms with E-state index in [2.05, 4.69) is 14.9 Å². The van der Waals surface area contributed by atoms with Gasteiger partial charge in [0, 0.05) is 50.2 Å². The minimum atomic E-state index is -3.36. The molecular formula is C18H25ClN4O4S. The Bertz CT molecular complexity index is 863. The van der Waals surface area contributed by atoms with E-state index in [1.54, 1.807) is 11.0 Å². The van der Waals surface area contributed by atoms with Gasteiger partial charge in [-0.2, -0.15) is 0 Å².